The van der Waals surface area contributed by atoms with Crippen LogP contribution in [0.4, 0.5) is 8.78 Å². The number of nitrogens with zero attached hydrogens (tertiary/aromatic N) is 2. The number of aromatic nitrogens is 1. The lowest BCUT2D eigenvalue weighted by Gasteiger charge is -2.06. The molecule has 1 aromatic heterocycles. The molecule has 0 saturated carbocycles. The van der Waals surface area contributed by atoms with Crippen molar-refractivity contribution in [2.45, 2.75) is 13.0 Å². The van der Waals surface area contributed by atoms with Crippen LogP contribution in [0.25, 0.3) is 0 Å². The van der Waals surface area contributed by atoms with Gasteiger partial charge in [0.05, 0.1) is 5.56 Å². The van der Waals surface area contributed by atoms with Gasteiger partial charge in [0, 0.05) is 12.7 Å². The van der Waals surface area contributed by atoms with Gasteiger partial charge in [0.1, 0.15) is 11.8 Å². The fourth-order valence-electron chi connectivity index (χ4n) is 1.02. The zero-order valence-corrected chi connectivity index (χ0v) is 6.67. The molecule has 1 heterocycles. The maximum absolute atomic E-state index is 12.4. The van der Waals surface area contributed by atoms with E-state index in [2.05, 4.69) is 4.98 Å². The van der Waals surface area contributed by atoms with Gasteiger partial charge in [0.25, 0.3) is 6.43 Å². The second-order valence-corrected chi connectivity index (χ2v) is 2.35. The highest BCUT2D eigenvalue weighted by Gasteiger charge is 2.17. The van der Waals surface area contributed by atoms with E-state index in [-0.39, 0.29) is 23.4 Å². The van der Waals surface area contributed by atoms with E-state index in [0.29, 0.717) is 0 Å². The Labute approximate surface area is 73.8 Å². The fraction of sp³-hybridized carbons (Fsp3) is 0.250. The van der Waals surface area contributed by atoms with Crippen LogP contribution in [0.3, 0.4) is 0 Å². The summed E-state index contributed by atoms with van der Waals surface area (Å²) in [6.45, 7) is -0.0170. The van der Waals surface area contributed by atoms with Gasteiger partial charge < -0.3 is 5.73 Å². The minimum Gasteiger partial charge on any atom is -0.326 e. The smallest absolute Gasteiger partial charge is 0.266 e. The Bertz CT molecular complexity index is 344. The molecular weight excluding hydrogens is 176 g/mol. The molecule has 0 aliphatic rings. The number of alkyl halides is 2. The van der Waals surface area contributed by atoms with E-state index < -0.39 is 6.43 Å². The van der Waals surface area contributed by atoms with Crippen LogP contribution in [0.1, 0.15) is 23.2 Å². The lowest BCUT2D eigenvalue weighted by molar-refractivity contribution is 0.149. The van der Waals surface area contributed by atoms with Crippen LogP contribution in [0.5, 0.6) is 0 Å². The number of hydrogen-bond donors (Lipinski definition) is 1. The minimum atomic E-state index is -2.71. The summed E-state index contributed by atoms with van der Waals surface area (Å²) in [5.74, 6) is 0. The van der Waals surface area contributed by atoms with E-state index >= 15 is 0 Å². The summed E-state index contributed by atoms with van der Waals surface area (Å²) in [6, 6.07) is 3.00. The summed E-state index contributed by atoms with van der Waals surface area (Å²) in [6.07, 6.45) is -1.41. The molecule has 0 atom stereocenters. The third kappa shape index (κ3) is 1.79. The molecule has 0 saturated heterocycles. The quantitative estimate of drug-likeness (QED) is 0.752. The van der Waals surface area contributed by atoms with Gasteiger partial charge >= 0.3 is 0 Å². The maximum atomic E-state index is 12.4. The molecule has 0 radical (unpaired) electrons. The molecule has 13 heavy (non-hydrogen) atoms. The first kappa shape index (κ1) is 9.55. The Morgan fingerprint density at radius 2 is 2.31 bits per heavy atom. The number of halogens is 2. The van der Waals surface area contributed by atoms with Crippen LogP contribution < -0.4 is 5.73 Å². The molecule has 1 aromatic rings. The van der Waals surface area contributed by atoms with Gasteiger partial charge in [-0.3, -0.25) is 0 Å². The monoisotopic (exact) mass is 183 g/mol. The van der Waals surface area contributed by atoms with Gasteiger partial charge in [-0.05, 0) is 11.6 Å². The topological polar surface area (TPSA) is 62.7 Å². The van der Waals surface area contributed by atoms with Crippen LogP contribution in [-0.4, -0.2) is 4.98 Å². The Kier molecular flexibility index (Phi) is 2.88. The molecule has 0 fully saturated rings. The van der Waals surface area contributed by atoms with E-state index in [1.54, 1.807) is 6.07 Å². The van der Waals surface area contributed by atoms with Crippen LogP contribution in [0, 0.1) is 11.3 Å². The molecule has 1 rings (SSSR count). The van der Waals surface area contributed by atoms with Crippen molar-refractivity contribution >= 4 is 0 Å². The summed E-state index contributed by atoms with van der Waals surface area (Å²) in [4.78, 5) is 3.53. The first-order valence-corrected chi connectivity index (χ1v) is 3.56. The second-order valence-electron chi connectivity index (χ2n) is 2.35. The molecule has 0 unspecified atom stereocenters. The largest absolute Gasteiger partial charge is 0.326 e. The highest BCUT2D eigenvalue weighted by atomic mass is 19.3. The highest BCUT2D eigenvalue weighted by molar-refractivity contribution is 5.38. The zero-order chi connectivity index (χ0) is 9.84. The number of nitriles is 1. The van der Waals surface area contributed by atoms with Crippen LogP contribution >= 0.6 is 0 Å². The highest BCUT2D eigenvalue weighted by Crippen LogP contribution is 2.24. The van der Waals surface area contributed by atoms with E-state index in [9.17, 15) is 8.78 Å². The number of rotatable bonds is 2. The molecular formula is C8H7F2N3. The van der Waals surface area contributed by atoms with Gasteiger partial charge in [-0.1, -0.05) is 0 Å². The Morgan fingerprint density at radius 1 is 1.62 bits per heavy atom. The van der Waals surface area contributed by atoms with Gasteiger partial charge in [-0.15, -0.1) is 0 Å². The minimum absolute atomic E-state index is 0.0170. The SMILES string of the molecule is N#Cc1nccc(CN)c1C(F)F. The molecule has 2 N–H and O–H groups in total. The summed E-state index contributed by atoms with van der Waals surface area (Å²) >= 11 is 0. The number of nitrogens with two attached hydrogens (primary N) is 1. The summed E-state index contributed by atoms with van der Waals surface area (Å²) in [5.41, 5.74) is 4.90. The summed E-state index contributed by atoms with van der Waals surface area (Å²) in [5, 5.41) is 8.50. The second kappa shape index (κ2) is 3.92. The predicted molar refractivity (Wildman–Crippen MR) is 41.8 cm³/mol. The van der Waals surface area contributed by atoms with Gasteiger partial charge in [-0.25, -0.2) is 13.8 Å². The van der Waals surface area contributed by atoms with Gasteiger partial charge in [-0.2, -0.15) is 5.26 Å². The van der Waals surface area contributed by atoms with Gasteiger partial charge in [0.15, 0.2) is 0 Å². The van der Waals surface area contributed by atoms with Crippen LogP contribution in [-0.2, 0) is 6.54 Å². The molecule has 0 aliphatic heterocycles. The average molecular weight is 183 g/mol. The standard InChI is InChI=1S/C8H7F2N3/c9-8(10)7-5(3-11)1-2-13-6(7)4-12/h1-2,8H,3,11H2. The molecule has 68 valence electrons. The molecule has 0 amide bonds. The molecule has 3 nitrogen and oxygen atoms in total. The van der Waals surface area contributed by atoms with Gasteiger partial charge in [0.2, 0.25) is 0 Å². The number of hydrogen-bond acceptors (Lipinski definition) is 3. The van der Waals surface area contributed by atoms with E-state index in [0.717, 1.165) is 0 Å². The van der Waals surface area contributed by atoms with Crippen LogP contribution in [0.15, 0.2) is 12.3 Å². The molecule has 5 heteroatoms. The Balaban J connectivity index is 3.32. The van der Waals surface area contributed by atoms with E-state index in [1.165, 1.54) is 12.3 Å². The normalized spacial score (nSPS) is 10.1. The number of pyridine rings is 1. The first-order valence-electron chi connectivity index (χ1n) is 3.56. The first-order chi connectivity index (χ1) is 6.20. The van der Waals surface area contributed by atoms with Crippen molar-refractivity contribution in [1.82, 2.24) is 4.98 Å². The summed E-state index contributed by atoms with van der Waals surface area (Å²) in [7, 11) is 0. The van der Waals surface area contributed by atoms with Crippen molar-refractivity contribution in [3.63, 3.8) is 0 Å². The average Bonchev–Trinajstić information content (AvgIpc) is 2.16. The molecule has 0 spiro atoms. The van der Waals surface area contributed by atoms with E-state index in [1.807, 2.05) is 0 Å². The lowest BCUT2D eigenvalue weighted by Crippen LogP contribution is -2.05. The fourth-order valence-corrected chi connectivity index (χ4v) is 1.02. The lowest BCUT2D eigenvalue weighted by atomic mass is 10.1. The van der Waals surface area contributed by atoms with Crippen molar-refractivity contribution in [3.05, 3.63) is 29.1 Å². The predicted octanol–water partition coefficient (Wildman–Crippen LogP) is 1.35. The van der Waals surface area contributed by atoms with Crippen molar-refractivity contribution in [3.8, 4) is 6.07 Å². The van der Waals surface area contributed by atoms with Crippen molar-refractivity contribution in [2.24, 2.45) is 5.73 Å². The third-order valence-electron chi connectivity index (χ3n) is 1.62. The van der Waals surface area contributed by atoms with Crippen molar-refractivity contribution in [1.29, 1.82) is 5.26 Å². The third-order valence-corrected chi connectivity index (χ3v) is 1.62. The Hall–Kier alpha value is -1.54. The zero-order valence-electron chi connectivity index (χ0n) is 6.67. The molecule has 0 aromatic carbocycles. The van der Waals surface area contributed by atoms with E-state index in [4.69, 9.17) is 11.0 Å². The van der Waals surface area contributed by atoms with Crippen LogP contribution in [0.2, 0.25) is 0 Å². The van der Waals surface area contributed by atoms with Crippen molar-refractivity contribution in [2.75, 3.05) is 0 Å². The molecule has 0 aliphatic carbocycles. The molecule has 0 bridgehead atoms. The summed E-state index contributed by atoms with van der Waals surface area (Å²) < 4.78 is 24.8. The maximum Gasteiger partial charge on any atom is 0.266 e. The van der Waals surface area contributed by atoms with Crippen molar-refractivity contribution < 1.29 is 8.78 Å². The Morgan fingerprint density at radius 3 is 2.77 bits per heavy atom.